The largest absolute Gasteiger partial charge is 0.491 e. The maximum Gasteiger partial charge on any atom is 0.337 e. The fourth-order valence-corrected chi connectivity index (χ4v) is 4.51. The molecule has 3 aromatic rings. The Morgan fingerprint density at radius 2 is 1.91 bits per heavy atom. The minimum atomic E-state index is -0.715. The molecule has 5 rings (SSSR count). The Morgan fingerprint density at radius 1 is 1.16 bits per heavy atom. The minimum absolute atomic E-state index is 0.148. The molecule has 1 aromatic heterocycles. The Balaban J connectivity index is 1.59. The summed E-state index contributed by atoms with van der Waals surface area (Å²) in [4.78, 5) is 34.0. The highest BCUT2D eigenvalue weighted by Gasteiger charge is 2.49. The normalized spacial score (nSPS) is 18.0. The van der Waals surface area contributed by atoms with Crippen molar-refractivity contribution in [3.63, 3.8) is 0 Å². The second kappa shape index (κ2) is 7.74. The molecule has 2 aliphatic rings. The van der Waals surface area contributed by atoms with Crippen LogP contribution in [0, 0.1) is 11.7 Å². The molecule has 1 atom stereocenters. The topological polar surface area (TPSA) is 67.7 Å². The maximum absolute atomic E-state index is 13.4. The molecule has 0 aliphatic carbocycles. The highest BCUT2D eigenvalue weighted by molar-refractivity contribution is 9.10. The molecule has 1 saturated heterocycles. The van der Waals surface area contributed by atoms with E-state index in [9.17, 15) is 14.0 Å². The first-order valence-electron chi connectivity index (χ1n) is 10.3. The van der Waals surface area contributed by atoms with Crippen molar-refractivity contribution in [2.75, 3.05) is 16.4 Å². The smallest absolute Gasteiger partial charge is 0.337 e. The molecule has 0 radical (unpaired) electrons. The second-order valence-corrected chi connectivity index (χ2v) is 9.01. The number of carbonyl (C=O) groups excluding carboxylic acids is 2. The van der Waals surface area contributed by atoms with E-state index < -0.39 is 17.9 Å². The molecule has 2 aliphatic heterocycles. The van der Waals surface area contributed by atoms with Gasteiger partial charge in [0.2, 0.25) is 0 Å². The van der Waals surface area contributed by atoms with Gasteiger partial charge in [0.25, 0.3) is 5.91 Å². The van der Waals surface area contributed by atoms with Crippen molar-refractivity contribution in [2.24, 2.45) is 5.92 Å². The first kappa shape index (κ1) is 20.7. The third kappa shape index (κ3) is 3.28. The standard InChI is InChI=1S/C23H20BrFN4O3/c1-13(2)20-22(30)28(16-6-4-15(25)5-7-16)23(31)29(20)19-12-27-9-10-32-18-11-14(24)3-8-17(18)21(27)26-19/h3-8,11-13,20H,9-10H2,1-2H3. The van der Waals surface area contributed by atoms with Crippen LogP contribution in [0.5, 0.6) is 5.75 Å². The maximum atomic E-state index is 13.4. The average molecular weight is 499 g/mol. The van der Waals surface area contributed by atoms with Gasteiger partial charge in [0.15, 0.2) is 5.82 Å². The molecule has 2 aromatic carbocycles. The number of rotatable bonds is 3. The van der Waals surface area contributed by atoms with Gasteiger partial charge in [-0.25, -0.2) is 19.1 Å². The molecule has 1 fully saturated rings. The molecule has 7 nitrogen and oxygen atoms in total. The molecule has 164 valence electrons. The number of fused-ring (bicyclic) bond motifs is 3. The lowest BCUT2D eigenvalue weighted by atomic mass is 10.0. The third-order valence-electron chi connectivity index (χ3n) is 5.65. The van der Waals surface area contributed by atoms with E-state index in [4.69, 9.17) is 9.72 Å². The Bertz CT molecular complexity index is 1220. The summed E-state index contributed by atoms with van der Waals surface area (Å²) in [5.41, 5.74) is 1.14. The zero-order valence-corrected chi connectivity index (χ0v) is 19.0. The molecule has 0 spiro atoms. The van der Waals surface area contributed by atoms with Gasteiger partial charge in [-0.3, -0.25) is 9.69 Å². The molecule has 32 heavy (non-hydrogen) atoms. The molecule has 1 unspecified atom stereocenters. The number of ether oxygens (including phenoxy) is 1. The third-order valence-corrected chi connectivity index (χ3v) is 6.14. The lowest BCUT2D eigenvalue weighted by molar-refractivity contribution is -0.118. The van der Waals surface area contributed by atoms with E-state index in [1.807, 2.05) is 36.6 Å². The minimum Gasteiger partial charge on any atom is -0.491 e. The van der Waals surface area contributed by atoms with E-state index in [-0.39, 0.29) is 11.8 Å². The Kier molecular flexibility index (Phi) is 5.00. The summed E-state index contributed by atoms with van der Waals surface area (Å²) in [5.74, 6) is 0.834. The fourth-order valence-electron chi connectivity index (χ4n) is 4.17. The highest BCUT2D eigenvalue weighted by atomic mass is 79.9. The molecule has 0 bridgehead atoms. The summed E-state index contributed by atoms with van der Waals surface area (Å²) in [6.45, 7) is 4.78. The zero-order valence-electron chi connectivity index (χ0n) is 17.5. The number of imide groups is 1. The number of halogens is 2. The van der Waals surface area contributed by atoms with Crippen molar-refractivity contribution in [3.8, 4) is 17.1 Å². The summed E-state index contributed by atoms with van der Waals surface area (Å²) in [5, 5.41) is 0. The molecular weight excluding hydrogens is 479 g/mol. The number of hydrogen-bond donors (Lipinski definition) is 0. The predicted molar refractivity (Wildman–Crippen MR) is 121 cm³/mol. The molecular formula is C23H20BrFN4O3. The van der Waals surface area contributed by atoms with Crippen LogP contribution in [0.25, 0.3) is 11.4 Å². The predicted octanol–water partition coefficient (Wildman–Crippen LogP) is 4.84. The van der Waals surface area contributed by atoms with Crippen LogP contribution in [0.2, 0.25) is 0 Å². The monoisotopic (exact) mass is 498 g/mol. The van der Waals surface area contributed by atoms with Crippen LogP contribution in [-0.4, -0.2) is 34.1 Å². The van der Waals surface area contributed by atoms with Gasteiger partial charge in [0.05, 0.1) is 17.8 Å². The van der Waals surface area contributed by atoms with Crippen LogP contribution in [0.1, 0.15) is 13.8 Å². The Morgan fingerprint density at radius 3 is 2.62 bits per heavy atom. The number of aromatic nitrogens is 2. The molecule has 3 heterocycles. The van der Waals surface area contributed by atoms with Crippen molar-refractivity contribution >= 4 is 39.4 Å². The number of carbonyl (C=O) groups is 2. The van der Waals surface area contributed by atoms with Gasteiger partial charge in [-0.05, 0) is 48.4 Å². The zero-order chi connectivity index (χ0) is 22.6. The average Bonchev–Trinajstić information content (AvgIpc) is 3.22. The number of imidazole rings is 1. The molecule has 0 N–H and O–H groups in total. The van der Waals surface area contributed by atoms with E-state index in [1.54, 1.807) is 6.20 Å². The second-order valence-electron chi connectivity index (χ2n) is 8.10. The summed E-state index contributed by atoms with van der Waals surface area (Å²) in [7, 11) is 0. The van der Waals surface area contributed by atoms with Crippen molar-refractivity contribution in [2.45, 2.75) is 26.4 Å². The fraction of sp³-hybridized carbons (Fsp3) is 0.261. The van der Waals surface area contributed by atoms with E-state index in [0.717, 1.165) is 14.9 Å². The highest BCUT2D eigenvalue weighted by Crippen LogP contribution is 2.38. The van der Waals surface area contributed by atoms with Crippen molar-refractivity contribution in [1.29, 1.82) is 0 Å². The quantitative estimate of drug-likeness (QED) is 0.484. The van der Waals surface area contributed by atoms with E-state index in [2.05, 4.69) is 15.9 Å². The molecule has 3 amide bonds. The molecule has 9 heteroatoms. The van der Waals surface area contributed by atoms with E-state index >= 15 is 0 Å². The van der Waals surface area contributed by atoms with Crippen molar-refractivity contribution < 1.29 is 18.7 Å². The molecule has 0 saturated carbocycles. The van der Waals surface area contributed by atoms with Gasteiger partial charge in [-0.1, -0.05) is 29.8 Å². The number of urea groups is 1. The number of benzene rings is 2. The van der Waals surface area contributed by atoms with Gasteiger partial charge in [0, 0.05) is 10.7 Å². The summed E-state index contributed by atoms with van der Waals surface area (Å²) >= 11 is 3.46. The Labute approximate surface area is 192 Å². The number of hydrogen-bond acceptors (Lipinski definition) is 4. The first-order valence-corrected chi connectivity index (χ1v) is 11.1. The SMILES string of the molecule is CC(C)C1C(=O)N(c2ccc(F)cc2)C(=O)N1c1cn2c(n1)-c1ccc(Br)cc1OCC2. The van der Waals surface area contributed by atoms with Gasteiger partial charge in [-0.2, -0.15) is 0 Å². The van der Waals surface area contributed by atoms with Gasteiger partial charge >= 0.3 is 6.03 Å². The summed E-state index contributed by atoms with van der Waals surface area (Å²) in [6.07, 6.45) is 1.78. The van der Waals surface area contributed by atoms with E-state index in [1.165, 1.54) is 29.2 Å². The van der Waals surface area contributed by atoms with Crippen LogP contribution < -0.4 is 14.5 Å². The van der Waals surface area contributed by atoms with Gasteiger partial charge < -0.3 is 9.30 Å². The summed E-state index contributed by atoms with van der Waals surface area (Å²) in [6, 6.07) is 9.82. The number of anilines is 2. The number of amides is 3. The van der Waals surface area contributed by atoms with Crippen molar-refractivity contribution in [1.82, 2.24) is 9.55 Å². The van der Waals surface area contributed by atoms with Crippen LogP contribution in [0.15, 0.2) is 53.1 Å². The Hall–Kier alpha value is -3.20. The lowest BCUT2D eigenvalue weighted by Crippen LogP contribution is -2.39. The van der Waals surface area contributed by atoms with E-state index in [0.29, 0.717) is 36.2 Å². The van der Waals surface area contributed by atoms with Gasteiger partial charge in [-0.15, -0.1) is 0 Å². The lowest BCUT2D eigenvalue weighted by Gasteiger charge is -2.22. The van der Waals surface area contributed by atoms with Crippen LogP contribution in [0.3, 0.4) is 0 Å². The van der Waals surface area contributed by atoms with Crippen LogP contribution >= 0.6 is 15.9 Å². The van der Waals surface area contributed by atoms with Gasteiger partial charge in [0.1, 0.15) is 30.0 Å². The number of nitrogens with zero attached hydrogens (tertiary/aromatic N) is 4. The first-order chi connectivity index (χ1) is 15.3. The van der Waals surface area contributed by atoms with Crippen LogP contribution in [-0.2, 0) is 11.3 Å². The van der Waals surface area contributed by atoms with Crippen molar-refractivity contribution in [3.05, 3.63) is 59.0 Å². The summed E-state index contributed by atoms with van der Waals surface area (Å²) < 4.78 is 22.1. The van der Waals surface area contributed by atoms with Crippen LogP contribution in [0.4, 0.5) is 20.7 Å².